The van der Waals surface area contributed by atoms with E-state index in [9.17, 15) is 0 Å². The van der Waals surface area contributed by atoms with Crippen molar-refractivity contribution in [3.8, 4) is 0 Å². The standard InChI is InChI=1S/C17H37NO3Si2/c1-16(2,3)22(7,8)20-13-11(18)12-14(19-12)15(13)21-23(9,10)17(4,5)6/h11-15H,18H2,1-10H3/t11-,12+,13+,14+,15+/m0/s1. The lowest BCUT2D eigenvalue weighted by Gasteiger charge is -2.44. The Balaban J connectivity index is 2.18. The lowest BCUT2D eigenvalue weighted by Crippen LogP contribution is -2.56. The van der Waals surface area contributed by atoms with Gasteiger partial charge >= 0.3 is 0 Å². The van der Waals surface area contributed by atoms with E-state index in [1.807, 2.05) is 0 Å². The monoisotopic (exact) mass is 359 g/mol. The van der Waals surface area contributed by atoms with Crippen molar-refractivity contribution in [3.63, 3.8) is 0 Å². The third-order valence-corrected chi connectivity index (χ3v) is 15.4. The fraction of sp³-hybridized carbons (Fsp3) is 1.00. The van der Waals surface area contributed by atoms with Gasteiger partial charge in [-0.3, -0.25) is 0 Å². The van der Waals surface area contributed by atoms with Gasteiger partial charge < -0.3 is 19.3 Å². The number of rotatable bonds is 4. The average molecular weight is 360 g/mol. The van der Waals surface area contributed by atoms with Crippen LogP contribution in [0.15, 0.2) is 0 Å². The van der Waals surface area contributed by atoms with Crippen molar-refractivity contribution < 1.29 is 13.6 Å². The molecule has 0 amide bonds. The maximum absolute atomic E-state index is 6.69. The number of ether oxygens (including phenoxy) is 1. The van der Waals surface area contributed by atoms with E-state index in [2.05, 4.69) is 67.7 Å². The highest BCUT2D eigenvalue weighted by Gasteiger charge is 2.64. The third-order valence-electron chi connectivity index (χ3n) is 6.44. The molecule has 1 saturated carbocycles. The van der Waals surface area contributed by atoms with Crippen LogP contribution in [0.3, 0.4) is 0 Å². The zero-order chi connectivity index (χ0) is 18.0. The van der Waals surface area contributed by atoms with Gasteiger partial charge in [0.05, 0.1) is 12.1 Å². The van der Waals surface area contributed by atoms with Crippen molar-refractivity contribution in [3.05, 3.63) is 0 Å². The molecule has 23 heavy (non-hydrogen) atoms. The summed E-state index contributed by atoms with van der Waals surface area (Å²) >= 11 is 0. The van der Waals surface area contributed by atoms with E-state index >= 15 is 0 Å². The number of hydrogen-bond donors (Lipinski definition) is 1. The second kappa shape index (κ2) is 5.64. The van der Waals surface area contributed by atoms with E-state index in [-0.39, 0.29) is 40.5 Å². The molecule has 0 aromatic carbocycles. The summed E-state index contributed by atoms with van der Waals surface area (Å²) in [5, 5.41) is 0.341. The Bertz CT molecular complexity index is 426. The molecular weight excluding hydrogens is 322 g/mol. The van der Waals surface area contributed by atoms with Crippen LogP contribution in [-0.2, 0) is 13.6 Å². The molecule has 0 aromatic rings. The van der Waals surface area contributed by atoms with Crippen LogP contribution in [-0.4, -0.2) is 47.1 Å². The van der Waals surface area contributed by atoms with Crippen LogP contribution in [0.4, 0.5) is 0 Å². The molecule has 136 valence electrons. The zero-order valence-corrected chi connectivity index (χ0v) is 18.7. The van der Waals surface area contributed by atoms with E-state index in [0.29, 0.717) is 0 Å². The van der Waals surface area contributed by atoms with Crippen molar-refractivity contribution in [2.45, 2.75) is 108 Å². The molecule has 1 saturated heterocycles. The van der Waals surface area contributed by atoms with E-state index < -0.39 is 16.6 Å². The van der Waals surface area contributed by atoms with E-state index in [1.54, 1.807) is 0 Å². The summed E-state index contributed by atoms with van der Waals surface area (Å²) in [6, 6.07) is -0.0658. The number of hydrogen-bond acceptors (Lipinski definition) is 4. The maximum atomic E-state index is 6.69. The molecule has 0 spiro atoms. The van der Waals surface area contributed by atoms with Gasteiger partial charge in [-0.25, -0.2) is 0 Å². The van der Waals surface area contributed by atoms with Gasteiger partial charge in [0.15, 0.2) is 16.6 Å². The van der Waals surface area contributed by atoms with Gasteiger partial charge in [-0.1, -0.05) is 41.5 Å². The average Bonchev–Trinajstić information content (AvgIpc) is 3.05. The van der Waals surface area contributed by atoms with Crippen molar-refractivity contribution >= 4 is 16.6 Å². The van der Waals surface area contributed by atoms with E-state index in [1.165, 1.54) is 0 Å². The lowest BCUT2D eigenvalue weighted by atomic mass is 10.2. The van der Waals surface area contributed by atoms with Crippen LogP contribution in [0.1, 0.15) is 41.5 Å². The molecule has 2 rings (SSSR count). The molecule has 0 bridgehead atoms. The van der Waals surface area contributed by atoms with Crippen molar-refractivity contribution in [1.82, 2.24) is 0 Å². The Morgan fingerprint density at radius 1 is 0.739 bits per heavy atom. The summed E-state index contributed by atoms with van der Waals surface area (Å²) in [6.45, 7) is 22.7. The SMILES string of the molecule is CC(C)(C)[Si](C)(C)O[C@H]1[C@@H]2O[C@@H]2[C@H](N)[C@H]1O[Si](C)(C)C(C)(C)C. The molecule has 0 radical (unpaired) electrons. The van der Waals surface area contributed by atoms with Crippen molar-refractivity contribution in [1.29, 1.82) is 0 Å². The molecule has 1 heterocycles. The molecule has 1 aliphatic carbocycles. The fourth-order valence-electron chi connectivity index (χ4n) is 2.62. The minimum Gasteiger partial charge on any atom is -0.410 e. The molecular formula is C17H37NO3Si2. The van der Waals surface area contributed by atoms with Gasteiger partial charge in [0.2, 0.25) is 0 Å². The van der Waals surface area contributed by atoms with Crippen LogP contribution in [0, 0.1) is 0 Å². The van der Waals surface area contributed by atoms with Gasteiger partial charge in [0.1, 0.15) is 18.3 Å². The number of nitrogens with two attached hydrogens (primary N) is 1. The topological polar surface area (TPSA) is 57.0 Å². The summed E-state index contributed by atoms with van der Waals surface area (Å²) in [5.74, 6) is 0. The summed E-state index contributed by atoms with van der Waals surface area (Å²) in [6.07, 6.45) is 0.215. The van der Waals surface area contributed by atoms with Crippen LogP contribution in [0.2, 0.25) is 36.3 Å². The highest BCUT2D eigenvalue weighted by Crippen LogP contribution is 2.48. The first-order valence-electron chi connectivity index (χ1n) is 8.85. The maximum Gasteiger partial charge on any atom is 0.192 e. The molecule has 6 heteroatoms. The van der Waals surface area contributed by atoms with Gasteiger partial charge in [-0.2, -0.15) is 0 Å². The first-order chi connectivity index (χ1) is 10.1. The van der Waals surface area contributed by atoms with Crippen LogP contribution in [0.25, 0.3) is 0 Å². The predicted molar refractivity (Wildman–Crippen MR) is 101 cm³/mol. The minimum absolute atomic E-state index is 0.00924. The Labute approximate surface area is 144 Å². The van der Waals surface area contributed by atoms with E-state index in [4.69, 9.17) is 19.3 Å². The normalized spacial score (nSPS) is 35.3. The van der Waals surface area contributed by atoms with Gasteiger partial charge in [-0.05, 0) is 36.3 Å². The van der Waals surface area contributed by atoms with Crippen LogP contribution >= 0.6 is 0 Å². The predicted octanol–water partition coefficient (Wildman–Crippen LogP) is 3.88. The molecule has 0 aromatic heterocycles. The molecule has 2 aliphatic rings. The summed E-state index contributed by atoms with van der Waals surface area (Å²) in [4.78, 5) is 0. The van der Waals surface area contributed by atoms with Crippen molar-refractivity contribution in [2.75, 3.05) is 0 Å². The second-order valence-electron chi connectivity index (χ2n) is 10.3. The zero-order valence-electron chi connectivity index (χ0n) is 16.7. The van der Waals surface area contributed by atoms with Crippen LogP contribution < -0.4 is 5.73 Å². The Kier molecular flexibility index (Phi) is 4.81. The van der Waals surface area contributed by atoms with Crippen LogP contribution in [0.5, 0.6) is 0 Å². The number of fused-ring (bicyclic) bond motifs is 1. The van der Waals surface area contributed by atoms with Crippen molar-refractivity contribution in [2.24, 2.45) is 5.73 Å². The van der Waals surface area contributed by atoms with Gasteiger partial charge in [-0.15, -0.1) is 0 Å². The first kappa shape index (κ1) is 19.6. The fourth-order valence-corrected chi connectivity index (χ4v) is 5.24. The minimum atomic E-state index is -1.88. The Hall–Kier alpha value is 0.274. The first-order valence-corrected chi connectivity index (χ1v) is 14.7. The Morgan fingerprint density at radius 2 is 1.13 bits per heavy atom. The second-order valence-corrected chi connectivity index (χ2v) is 19.8. The summed E-state index contributed by atoms with van der Waals surface area (Å²) in [5.41, 5.74) is 6.44. The van der Waals surface area contributed by atoms with Gasteiger partial charge in [0, 0.05) is 0 Å². The highest BCUT2D eigenvalue weighted by atomic mass is 28.4. The number of epoxide rings is 1. The molecule has 1 aliphatic heterocycles. The molecule has 2 fully saturated rings. The molecule has 0 unspecified atom stereocenters. The summed E-state index contributed by atoms with van der Waals surface area (Å²) in [7, 11) is -3.76. The highest BCUT2D eigenvalue weighted by molar-refractivity contribution is 6.74. The largest absolute Gasteiger partial charge is 0.410 e. The third kappa shape index (κ3) is 3.62. The molecule has 2 N–H and O–H groups in total. The molecule has 4 nitrogen and oxygen atoms in total. The smallest absolute Gasteiger partial charge is 0.192 e. The quantitative estimate of drug-likeness (QED) is 0.611. The Morgan fingerprint density at radius 3 is 1.52 bits per heavy atom. The summed E-state index contributed by atoms with van der Waals surface area (Å²) < 4.78 is 19.1. The van der Waals surface area contributed by atoms with Gasteiger partial charge in [0.25, 0.3) is 0 Å². The molecule has 5 atom stereocenters. The van der Waals surface area contributed by atoms with E-state index in [0.717, 1.165) is 0 Å². The lowest BCUT2D eigenvalue weighted by molar-refractivity contribution is 0.00394.